The van der Waals surface area contributed by atoms with E-state index >= 15 is 0 Å². The molecule has 1 atom stereocenters. The van der Waals surface area contributed by atoms with Crippen LogP contribution < -0.4 is 0 Å². The highest BCUT2D eigenvalue weighted by Gasteiger charge is 2.13. The maximum Gasteiger partial charge on any atom is 0.157 e. The van der Waals surface area contributed by atoms with Crippen LogP contribution >= 0.6 is 11.6 Å². The summed E-state index contributed by atoms with van der Waals surface area (Å²) in [5, 5.41) is 6.88. The highest BCUT2D eigenvalue weighted by molar-refractivity contribution is 6.30. The Labute approximate surface area is 120 Å². The smallest absolute Gasteiger partial charge is 0.157 e. The third kappa shape index (κ3) is 8.03. The Kier molecular flexibility index (Phi) is 8.54. The monoisotopic (exact) mass is 286 g/mol. The zero-order valence-corrected chi connectivity index (χ0v) is 12.3. The van der Waals surface area contributed by atoms with Gasteiger partial charge in [-0.2, -0.15) is 5.10 Å². The first-order valence-corrected chi connectivity index (χ1v) is 7.05. The number of halogens is 1. The van der Waals surface area contributed by atoms with Gasteiger partial charge in [-0.05, 0) is 32.3 Å². The molecule has 0 N–H and O–H groups in total. The van der Waals surface area contributed by atoms with Gasteiger partial charge >= 0.3 is 0 Å². The molecule has 0 aliphatic carbocycles. The summed E-state index contributed by atoms with van der Waals surface area (Å²) in [5.74, 6) is 0. The van der Waals surface area contributed by atoms with Gasteiger partial charge < -0.3 is 9.47 Å². The van der Waals surface area contributed by atoms with Crippen molar-refractivity contribution < 1.29 is 9.47 Å². The van der Waals surface area contributed by atoms with E-state index in [9.17, 15) is 0 Å². The van der Waals surface area contributed by atoms with Gasteiger partial charge in [0, 0.05) is 17.9 Å². The van der Waals surface area contributed by atoms with Crippen LogP contribution in [-0.2, 0) is 9.47 Å². The van der Waals surface area contributed by atoms with Crippen LogP contribution in [-0.4, -0.2) is 43.8 Å². The highest BCUT2D eigenvalue weighted by Crippen LogP contribution is 2.13. The minimum atomic E-state index is -0.0479. The van der Waals surface area contributed by atoms with Crippen molar-refractivity contribution in [3.8, 4) is 0 Å². The van der Waals surface area contributed by atoms with Crippen molar-refractivity contribution in [3.05, 3.63) is 23.8 Å². The van der Waals surface area contributed by atoms with Gasteiger partial charge in [-0.1, -0.05) is 17.7 Å². The standard InChI is InChI=1S/C14H23ClN2O2/c1-3-9-17(16-8-7-13(2)15)10-12-19-14-6-4-5-11-18-14/h3,7-8,14H,1,4-6,9-12H2,2H3/b13-7+,16-8-. The maximum atomic E-state index is 5.73. The largest absolute Gasteiger partial charge is 0.353 e. The molecule has 0 spiro atoms. The minimum Gasteiger partial charge on any atom is -0.353 e. The predicted octanol–water partition coefficient (Wildman–Crippen LogP) is 3.15. The Morgan fingerprint density at radius 2 is 2.42 bits per heavy atom. The van der Waals surface area contributed by atoms with E-state index in [4.69, 9.17) is 21.1 Å². The zero-order chi connectivity index (χ0) is 13.9. The minimum absolute atomic E-state index is 0.0479. The van der Waals surface area contributed by atoms with Crippen LogP contribution in [0, 0.1) is 0 Å². The Balaban J connectivity index is 2.26. The molecule has 1 rings (SSSR count). The molecule has 0 aromatic carbocycles. The van der Waals surface area contributed by atoms with Crippen LogP contribution in [0.2, 0.25) is 0 Å². The van der Waals surface area contributed by atoms with Gasteiger partial charge in [-0.15, -0.1) is 6.58 Å². The normalized spacial score (nSPS) is 20.7. The number of hydrazone groups is 1. The van der Waals surface area contributed by atoms with Crippen LogP contribution in [0.25, 0.3) is 0 Å². The summed E-state index contributed by atoms with van der Waals surface area (Å²) >= 11 is 5.73. The van der Waals surface area contributed by atoms with Crippen molar-refractivity contribution in [1.29, 1.82) is 0 Å². The fourth-order valence-electron chi connectivity index (χ4n) is 1.71. The molecule has 0 radical (unpaired) electrons. The van der Waals surface area contributed by atoms with Crippen LogP contribution in [0.1, 0.15) is 26.2 Å². The molecule has 1 saturated heterocycles. The molecular formula is C14H23ClN2O2. The Morgan fingerprint density at radius 3 is 3.05 bits per heavy atom. The average Bonchev–Trinajstić information content (AvgIpc) is 2.39. The summed E-state index contributed by atoms with van der Waals surface area (Å²) < 4.78 is 11.2. The van der Waals surface area contributed by atoms with Crippen molar-refractivity contribution in [3.63, 3.8) is 0 Å². The summed E-state index contributed by atoms with van der Waals surface area (Å²) in [7, 11) is 0. The van der Waals surface area contributed by atoms with Gasteiger partial charge in [0.15, 0.2) is 6.29 Å². The summed E-state index contributed by atoms with van der Waals surface area (Å²) in [5.41, 5.74) is 0. The maximum absolute atomic E-state index is 5.73. The molecule has 0 aromatic rings. The second kappa shape index (κ2) is 10.0. The lowest BCUT2D eigenvalue weighted by Gasteiger charge is -2.24. The molecular weight excluding hydrogens is 264 g/mol. The van der Waals surface area contributed by atoms with Crippen molar-refractivity contribution in [1.82, 2.24) is 5.01 Å². The van der Waals surface area contributed by atoms with Gasteiger partial charge in [0.2, 0.25) is 0 Å². The van der Waals surface area contributed by atoms with Gasteiger partial charge in [0.05, 0.1) is 19.7 Å². The van der Waals surface area contributed by atoms with E-state index in [0.717, 1.165) is 19.4 Å². The number of rotatable bonds is 8. The van der Waals surface area contributed by atoms with E-state index in [1.165, 1.54) is 6.42 Å². The first kappa shape index (κ1) is 16.2. The second-order valence-corrected chi connectivity index (χ2v) is 4.98. The molecule has 1 aliphatic heterocycles. The number of hydrogen-bond donors (Lipinski definition) is 0. The predicted molar refractivity (Wildman–Crippen MR) is 79.4 cm³/mol. The second-order valence-electron chi connectivity index (χ2n) is 4.39. The van der Waals surface area contributed by atoms with Crippen molar-refractivity contribution in [2.75, 3.05) is 26.3 Å². The SMILES string of the molecule is C=CCN(CCOC1CCCCO1)/N=C\C=C(/C)Cl. The Hall–Kier alpha value is -0.840. The van der Waals surface area contributed by atoms with Crippen LogP contribution in [0.15, 0.2) is 28.9 Å². The average molecular weight is 287 g/mol. The molecule has 1 unspecified atom stereocenters. The highest BCUT2D eigenvalue weighted by atomic mass is 35.5. The van der Waals surface area contributed by atoms with Crippen molar-refractivity contribution in [2.24, 2.45) is 5.10 Å². The van der Waals surface area contributed by atoms with Crippen molar-refractivity contribution in [2.45, 2.75) is 32.5 Å². The van der Waals surface area contributed by atoms with E-state index in [1.54, 1.807) is 12.3 Å². The third-order valence-electron chi connectivity index (χ3n) is 2.67. The Morgan fingerprint density at radius 1 is 1.58 bits per heavy atom. The van der Waals surface area contributed by atoms with E-state index in [-0.39, 0.29) is 6.29 Å². The Bertz CT molecular complexity index is 309. The van der Waals surface area contributed by atoms with E-state index in [1.807, 2.05) is 18.0 Å². The lowest BCUT2D eigenvalue weighted by Crippen LogP contribution is -2.28. The summed E-state index contributed by atoms with van der Waals surface area (Å²) in [6, 6.07) is 0. The van der Waals surface area contributed by atoms with Gasteiger partial charge in [-0.25, -0.2) is 0 Å². The van der Waals surface area contributed by atoms with Crippen LogP contribution in [0.4, 0.5) is 0 Å². The number of ether oxygens (including phenoxy) is 2. The summed E-state index contributed by atoms with van der Waals surface area (Å²) in [6.07, 6.45) is 8.50. The molecule has 108 valence electrons. The molecule has 1 aliphatic rings. The van der Waals surface area contributed by atoms with E-state index in [2.05, 4.69) is 11.7 Å². The van der Waals surface area contributed by atoms with E-state index < -0.39 is 0 Å². The molecule has 4 nitrogen and oxygen atoms in total. The number of allylic oxidation sites excluding steroid dienone is 2. The van der Waals surface area contributed by atoms with Gasteiger partial charge in [0.1, 0.15) is 0 Å². The number of nitrogens with zero attached hydrogens (tertiary/aromatic N) is 2. The topological polar surface area (TPSA) is 34.1 Å². The van der Waals surface area contributed by atoms with E-state index in [0.29, 0.717) is 24.7 Å². The molecule has 5 heteroatoms. The molecule has 0 saturated carbocycles. The first-order chi connectivity index (χ1) is 9.22. The fraction of sp³-hybridized carbons (Fsp3) is 0.643. The number of hydrogen-bond acceptors (Lipinski definition) is 4. The lowest BCUT2D eigenvalue weighted by atomic mass is 10.2. The molecule has 0 bridgehead atoms. The zero-order valence-electron chi connectivity index (χ0n) is 11.6. The molecule has 0 amide bonds. The third-order valence-corrected chi connectivity index (χ3v) is 2.79. The molecule has 19 heavy (non-hydrogen) atoms. The van der Waals surface area contributed by atoms with Crippen LogP contribution in [0.3, 0.4) is 0 Å². The first-order valence-electron chi connectivity index (χ1n) is 6.68. The summed E-state index contributed by atoms with van der Waals surface area (Å²) in [4.78, 5) is 0. The quantitative estimate of drug-likeness (QED) is 0.390. The van der Waals surface area contributed by atoms with Crippen molar-refractivity contribution >= 4 is 17.8 Å². The van der Waals surface area contributed by atoms with Crippen LogP contribution in [0.5, 0.6) is 0 Å². The molecule has 0 aromatic heterocycles. The summed E-state index contributed by atoms with van der Waals surface area (Å²) in [6.45, 7) is 8.32. The fourth-order valence-corrected chi connectivity index (χ4v) is 1.76. The van der Waals surface area contributed by atoms with Gasteiger partial charge in [0.25, 0.3) is 0 Å². The van der Waals surface area contributed by atoms with Gasteiger partial charge in [-0.3, -0.25) is 5.01 Å². The molecule has 1 fully saturated rings. The molecule has 1 heterocycles. The lowest BCUT2D eigenvalue weighted by molar-refractivity contribution is -0.164.